The first kappa shape index (κ1) is 18.4. The lowest BCUT2D eigenvalue weighted by Crippen LogP contribution is -2.48. The van der Waals surface area contributed by atoms with Gasteiger partial charge in [0.15, 0.2) is 0 Å². The second kappa shape index (κ2) is 8.31. The Labute approximate surface area is 153 Å². The molecule has 2 aliphatic rings. The Balaban J connectivity index is 1.50. The molecule has 0 aliphatic carbocycles. The number of likely N-dealkylation sites (tertiary alicyclic amines) is 1. The predicted molar refractivity (Wildman–Crippen MR) is 99.7 cm³/mol. The van der Waals surface area contributed by atoms with E-state index in [2.05, 4.69) is 5.32 Å². The number of primary amides is 1. The predicted octanol–water partition coefficient (Wildman–Crippen LogP) is 1.48. The molecule has 0 unspecified atom stereocenters. The highest BCUT2D eigenvalue weighted by Gasteiger charge is 2.27. The van der Waals surface area contributed by atoms with Gasteiger partial charge in [0.05, 0.1) is 6.04 Å². The van der Waals surface area contributed by atoms with Crippen LogP contribution in [-0.4, -0.2) is 48.3 Å². The molecule has 3 N–H and O–H groups in total. The van der Waals surface area contributed by atoms with Gasteiger partial charge in [-0.2, -0.15) is 0 Å². The molecule has 0 spiro atoms. The number of benzene rings is 1. The third-order valence-electron chi connectivity index (χ3n) is 5.10. The smallest absolute Gasteiger partial charge is 0.234 e. The Bertz CT molecular complexity index is 674. The topological polar surface area (TPSA) is 95.7 Å². The van der Waals surface area contributed by atoms with Crippen molar-refractivity contribution in [3.8, 4) is 0 Å². The summed E-state index contributed by atoms with van der Waals surface area (Å²) < 4.78 is 0. The van der Waals surface area contributed by atoms with Gasteiger partial charge in [-0.05, 0) is 50.1 Å². The SMILES string of the molecule is NC(=O)[C@H]1CCCCN1CCC(=O)Nc1ccc(N2CCCC2=O)cc1. The van der Waals surface area contributed by atoms with E-state index in [-0.39, 0.29) is 23.8 Å². The number of nitrogens with two attached hydrogens (primary N) is 1. The Kier molecular flexibility index (Phi) is 5.88. The van der Waals surface area contributed by atoms with E-state index in [4.69, 9.17) is 5.73 Å². The van der Waals surface area contributed by atoms with Crippen LogP contribution in [0.2, 0.25) is 0 Å². The Hall–Kier alpha value is -2.41. The summed E-state index contributed by atoms with van der Waals surface area (Å²) >= 11 is 0. The minimum absolute atomic E-state index is 0.0937. The average Bonchev–Trinajstić information content (AvgIpc) is 3.07. The number of carbonyl (C=O) groups is 3. The molecule has 1 aromatic carbocycles. The van der Waals surface area contributed by atoms with Crippen LogP contribution >= 0.6 is 0 Å². The Morgan fingerprint density at radius 1 is 1.12 bits per heavy atom. The third-order valence-corrected chi connectivity index (χ3v) is 5.10. The number of carbonyl (C=O) groups excluding carboxylic acids is 3. The number of rotatable bonds is 6. The van der Waals surface area contributed by atoms with Crippen molar-refractivity contribution in [3.63, 3.8) is 0 Å². The van der Waals surface area contributed by atoms with Gasteiger partial charge in [0.25, 0.3) is 0 Å². The second-order valence-electron chi connectivity index (χ2n) is 6.94. The maximum absolute atomic E-state index is 12.2. The van der Waals surface area contributed by atoms with E-state index in [1.54, 1.807) is 4.90 Å². The van der Waals surface area contributed by atoms with Crippen LogP contribution in [0.25, 0.3) is 0 Å². The van der Waals surface area contributed by atoms with E-state index >= 15 is 0 Å². The largest absolute Gasteiger partial charge is 0.368 e. The Morgan fingerprint density at radius 2 is 1.88 bits per heavy atom. The highest BCUT2D eigenvalue weighted by atomic mass is 16.2. The summed E-state index contributed by atoms with van der Waals surface area (Å²) in [6.07, 6.45) is 4.61. The number of nitrogens with one attached hydrogen (secondary N) is 1. The zero-order valence-corrected chi connectivity index (χ0v) is 14.9. The zero-order valence-electron chi connectivity index (χ0n) is 14.9. The van der Waals surface area contributed by atoms with Crippen molar-refractivity contribution in [3.05, 3.63) is 24.3 Å². The molecule has 1 aromatic rings. The molecule has 2 aliphatic heterocycles. The summed E-state index contributed by atoms with van der Waals surface area (Å²) in [5, 5.41) is 2.87. The molecule has 26 heavy (non-hydrogen) atoms. The molecule has 3 rings (SSSR count). The van der Waals surface area contributed by atoms with E-state index in [9.17, 15) is 14.4 Å². The second-order valence-corrected chi connectivity index (χ2v) is 6.94. The molecule has 2 saturated heterocycles. The number of hydrogen-bond donors (Lipinski definition) is 2. The van der Waals surface area contributed by atoms with Gasteiger partial charge in [-0.25, -0.2) is 0 Å². The van der Waals surface area contributed by atoms with Gasteiger partial charge in [-0.15, -0.1) is 0 Å². The van der Waals surface area contributed by atoms with Crippen LogP contribution < -0.4 is 16.0 Å². The average molecular weight is 358 g/mol. The van der Waals surface area contributed by atoms with Crippen molar-refractivity contribution in [1.82, 2.24) is 4.90 Å². The number of nitrogens with zero attached hydrogens (tertiary/aromatic N) is 2. The summed E-state index contributed by atoms with van der Waals surface area (Å²) in [5.74, 6) is -0.256. The first-order chi connectivity index (χ1) is 12.5. The van der Waals surface area contributed by atoms with Crippen molar-refractivity contribution in [2.75, 3.05) is 29.9 Å². The van der Waals surface area contributed by atoms with E-state index in [0.29, 0.717) is 25.1 Å². The van der Waals surface area contributed by atoms with Gasteiger partial charge < -0.3 is 16.0 Å². The molecule has 1 atom stereocenters. The fourth-order valence-electron chi connectivity index (χ4n) is 3.70. The quantitative estimate of drug-likeness (QED) is 0.805. The molecular formula is C19H26N4O3. The molecule has 0 aromatic heterocycles. The number of hydrogen-bond acceptors (Lipinski definition) is 4. The standard InChI is InChI=1S/C19H26N4O3/c20-19(26)16-4-1-2-11-22(16)13-10-17(24)21-14-6-8-15(9-7-14)23-12-3-5-18(23)25/h6-9,16H,1-5,10-13H2,(H2,20,26)(H,21,24)/t16-/m1/s1. The van der Waals surface area contributed by atoms with Crippen LogP contribution in [0.3, 0.4) is 0 Å². The van der Waals surface area contributed by atoms with Gasteiger partial charge in [0.2, 0.25) is 17.7 Å². The minimum atomic E-state index is -0.308. The molecule has 2 heterocycles. The maximum Gasteiger partial charge on any atom is 0.234 e. The van der Waals surface area contributed by atoms with Gasteiger partial charge >= 0.3 is 0 Å². The van der Waals surface area contributed by atoms with Crippen molar-refractivity contribution in [1.29, 1.82) is 0 Å². The monoisotopic (exact) mass is 358 g/mol. The normalized spacial score (nSPS) is 21.0. The van der Waals surface area contributed by atoms with Crippen LogP contribution in [0.1, 0.15) is 38.5 Å². The van der Waals surface area contributed by atoms with Crippen LogP contribution in [0.15, 0.2) is 24.3 Å². The summed E-state index contributed by atoms with van der Waals surface area (Å²) in [5.41, 5.74) is 7.02. The summed E-state index contributed by atoms with van der Waals surface area (Å²) in [4.78, 5) is 39.3. The summed E-state index contributed by atoms with van der Waals surface area (Å²) in [6.45, 7) is 2.08. The first-order valence-corrected chi connectivity index (χ1v) is 9.28. The van der Waals surface area contributed by atoms with Crippen molar-refractivity contribution >= 4 is 29.1 Å². The van der Waals surface area contributed by atoms with E-state index in [1.807, 2.05) is 29.2 Å². The zero-order chi connectivity index (χ0) is 18.5. The fourth-order valence-corrected chi connectivity index (χ4v) is 3.70. The number of piperidine rings is 1. The lowest BCUT2D eigenvalue weighted by Gasteiger charge is -2.33. The lowest BCUT2D eigenvalue weighted by atomic mass is 10.0. The molecule has 0 saturated carbocycles. The van der Waals surface area contributed by atoms with Gasteiger partial charge in [-0.3, -0.25) is 19.3 Å². The molecule has 140 valence electrons. The minimum Gasteiger partial charge on any atom is -0.368 e. The first-order valence-electron chi connectivity index (χ1n) is 9.28. The van der Waals surface area contributed by atoms with Crippen LogP contribution in [-0.2, 0) is 14.4 Å². The van der Waals surface area contributed by atoms with Crippen LogP contribution in [0, 0.1) is 0 Å². The summed E-state index contributed by atoms with van der Waals surface area (Å²) in [6, 6.07) is 7.07. The fraction of sp³-hybridized carbons (Fsp3) is 0.526. The van der Waals surface area contributed by atoms with Gasteiger partial charge in [-0.1, -0.05) is 6.42 Å². The van der Waals surface area contributed by atoms with E-state index < -0.39 is 0 Å². The molecule has 3 amide bonds. The van der Waals surface area contributed by atoms with Gasteiger partial charge in [0.1, 0.15) is 0 Å². The number of anilines is 2. The molecule has 7 nitrogen and oxygen atoms in total. The van der Waals surface area contributed by atoms with Gasteiger partial charge in [0, 0.05) is 37.3 Å². The van der Waals surface area contributed by atoms with E-state index in [0.717, 1.165) is 44.5 Å². The van der Waals surface area contributed by atoms with E-state index in [1.165, 1.54) is 0 Å². The van der Waals surface area contributed by atoms with Crippen LogP contribution in [0.4, 0.5) is 11.4 Å². The lowest BCUT2D eigenvalue weighted by molar-refractivity contribution is -0.125. The summed E-state index contributed by atoms with van der Waals surface area (Å²) in [7, 11) is 0. The van der Waals surface area contributed by atoms with Crippen molar-refractivity contribution in [2.24, 2.45) is 5.73 Å². The molecule has 0 radical (unpaired) electrons. The molecule has 0 bridgehead atoms. The molecule has 2 fully saturated rings. The third kappa shape index (κ3) is 4.40. The maximum atomic E-state index is 12.2. The Morgan fingerprint density at radius 3 is 2.54 bits per heavy atom. The molecule has 7 heteroatoms. The molecular weight excluding hydrogens is 332 g/mol. The number of amides is 3. The van der Waals surface area contributed by atoms with Crippen molar-refractivity contribution in [2.45, 2.75) is 44.6 Å². The van der Waals surface area contributed by atoms with Crippen molar-refractivity contribution < 1.29 is 14.4 Å². The van der Waals surface area contributed by atoms with Crippen LogP contribution in [0.5, 0.6) is 0 Å². The highest BCUT2D eigenvalue weighted by Crippen LogP contribution is 2.23. The highest BCUT2D eigenvalue weighted by molar-refractivity contribution is 5.96.